The highest BCUT2D eigenvalue weighted by Gasteiger charge is 2.28. The van der Waals surface area contributed by atoms with Crippen LogP contribution in [-0.2, 0) is 7.05 Å². The van der Waals surface area contributed by atoms with E-state index in [0.717, 1.165) is 33.4 Å². The zero-order valence-corrected chi connectivity index (χ0v) is 15.8. The number of aromatic nitrogens is 3. The summed E-state index contributed by atoms with van der Waals surface area (Å²) in [5, 5.41) is 0.904. The first-order valence-electron chi connectivity index (χ1n) is 10.8. The molecule has 3 heteroatoms. The quantitative estimate of drug-likeness (QED) is 0.389. The Hall–Kier alpha value is -3.46. The molecule has 136 valence electrons. The van der Waals surface area contributed by atoms with E-state index in [4.69, 9.17) is 4.11 Å². The van der Waals surface area contributed by atoms with E-state index in [1.165, 1.54) is 0 Å². The van der Waals surface area contributed by atoms with Gasteiger partial charge in [-0.05, 0) is 49.7 Å². The Labute approximate surface area is 168 Å². The molecule has 0 aliphatic heterocycles. The first kappa shape index (κ1) is 13.7. The van der Waals surface area contributed by atoms with Gasteiger partial charge in [0.25, 0.3) is 5.82 Å². The van der Waals surface area contributed by atoms with Crippen LogP contribution in [0.2, 0.25) is 0 Å². The Morgan fingerprint density at radius 2 is 1.68 bits per heavy atom. The van der Waals surface area contributed by atoms with Gasteiger partial charge in [-0.3, -0.25) is 0 Å². The molecule has 0 atom stereocenters. The van der Waals surface area contributed by atoms with Crippen LogP contribution in [0.15, 0.2) is 78.9 Å². The van der Waals surface area contributed by atoms with Crippen molar-refractivity contribution in [2.24, 2.45) is 7.05 Å². The molecule has 0 unspecified atom stereocenters. The van der Waals surface area contributed by atoms with E-state index in [1.54, 1.807) is 0 Å². The van der Waals surface area contributed by atoms with Crippen molar-refractivity contribution in [3.05, 3.63) is 90.1 Å². The zero-order chi connectivity index (χ0) is 21.8. The molecule has 0 bridgehead atoms. The molecule has 2 aromatic heterocycles. The van der Waals surface area contributed by atoms with Gasteiger partial charge in [0.2, 0.25) is 0 Å². The van der Waals surface area contributed by atoms with Crippen molar-refractivity contribution in [1.29, 1.82) is 0 Å². The highest BCUT2D eigenvalue weighted by atomic mass is 15.2. The lowest BCUT2D eigenvalue weighted by atomic mass is 10.1. The predicted octanol–water partition coefficient (Wildman–Crippen LogP) is 5.29. The number of nitrogens with zero attached hydrogens (tertiary/aromatic N) is 3. The van der Waals surface area contributed by atoms with E-state index >= 15 is 0 Å². The van der Waals surface area contributed by atoms with Crippen LogP contribution in [0.25, 0.3) is 39.0 Å². The molecule has 0 saturated carbocycles. The summed E-state index contributed by atoms with van der Waals surface area (Å²) < 4.78 is 28.8. The summed E-state index contributed by atoms with van der Waals surface area (Å²) in [6.07, 6.45) is 0. The molecule has 2 heterocycles. The molecule has 5 aromatic rings. The molecule has 28 heavy (non-hydrogen) atoms. The average Bonchev–Trinajstić information content (AvgIpc) is 3.05. The zero-order valence-electron chi connectivity index (χ0n) is 18.8. The number of hydrogen-bond donors (Lipinski definition) is 0. The molecule has 3 nitrogen and oxygen atoms in total. The Balaban J connectivity index is 1.98. The van der Waals surface area contributed by atoms with Gasteiger partial charge < -0.3 is 0 Å². The highest BCUT2D eigenvalue weighted by Crippen LogP contribution is 2.31. The number of rotatable bonds is 2. The van der Waals surface area contributed by atoms with Gasteiger partial charge in [-0.2, -0.15) is 4.57 Å². The molecule has 5 rings (SSSR count). The van der Waals surface area contributed by atoms with Gasteiger partial charge in [-0.1, -0.05) is 48.5 Å². The third-order valence-electron chi connectivity index (χ3n) is 5.34. The molecule has 0 N–H and O–H groups in total. The maximum atomic E-state index is 8.22. The second-order valence-electron chi connectivity index (χ2n) is 7.07. The fourth-order valence-electron chi connectivity index (χ4n) is 3.96. The van der Waals surface area contributed by atoms with Gasteiger partial charge in [0.15, 0.2) is 16.7 Å². The lowest BCUT2D eigenvalue weighted by Crippen LogP contribution is -2.30. The smallest absolute Gasteiger partial charge is 0.249 e. The summed E-state index contributed by atoms with van der Waals surface area (Å²) in [5.41, 5.74) is 5.47. The molecule has 0 amide bonds. The Kier molecular flexibility index (Phi) is 3.08. The monoisotopic (exact) mass is 367 g/mol. The maximum Gasteiger partial charge on any atom is 0.295 e. The van der Waals surface area contributed by atoms with Crippen LogP contribution < -0.4 is 4.57 Å². The average molecular weight is 367 g/mol. The number of aryl methyl sites for hydroxylation is 3. The fourth-order valence-corrected chi connectivity index (χ4v) is 3.96. The lowest BCUT2D eigenvalue weighted by Gasteiger charge is -2.09. The summed E-state index contributed by atoms with van der Waals surface area (Å²) in [7, 11) is 2.02. The summed E-state index contributed by atoms with van der Waals surface area (Å²) in [6, 6.07) is 25.8. The van der Waals surface area contributed by atoms with Crippen molar-refractivity contribution in [2.45, 2.75) is 13.8 Å². The summed E-state index contributed by atoms with van der Waals surface area (Å²) in [5.74, 6) is 0.918. The number of hydrogen-bond acceptors (Lipinski definition) is 1. The van der Waals surface area contributed by atoms with E-state index in [2.05, 4.69) is 34.7 Å². The van der Waals surface area contributed by atoms with E-state index in [9.17, 15) is 0 Å². The minimum Gasteiger partial charge on any atom is -0.249 e. The van der Waals surface area contributed by atoms with Gasteiger partial charge in [0.1, 0.15) is 0 Å². The lowest BCUT2D eigenvalue weighted by molar-refractivity contribution is -0.633. The highest BCUT2D eigenvalue weighted by molar-refractivity contribution is 5.84. The van der Waals surface area contributed by atoms with Crippen molar-refractivity contribution < 1.29 is 8.68 Å². The second-order valence-corrected chi connectivity index (χ2v) is 7.07. The van der Waals surface area contributed by atoms with Crippen LogP contribution in [0, 0.1) is 13.8 Å². The van der Waals surface area contributed by atoms with Crippen LogP contribution in [0.5, 0.6) is 0 Å². The van der Waals surface area contributed by atoms with E-state index in [0.29, 0.717) is 11.2 Å². The van der Waals surface area contributed by atoms with Crippen molar-refractivity contribution in [3.63, 3.8) is 0 Å². The minimum atomic E-state index is -2.35. The van der Waals surface area contributed by atoms with Crippen LogP contribution in [-0.4, -0.2) is 9.55 Å². The standard InChI is InChI=1S/C25H22N3/c1-17-10-4-6-12-20(17)25-27(3)22-14-8-9-15-23(22)28(25)24-16-19-11-5-7-13-21(19)26-18(24)2/h4-16H,1-3H3/q+1/i2D3. The number of benzene rings is 3. The van der Waals surface area contributed by atoms with Crippen molar-refractivity contribution >= 4 is 21.9 Å². The van der Waals surface area contributed by atoms with Crippen molar-refractivity contribution in [3.8, 4) is 17.1 Å². The van der Waals surface area contributed by atoms with Gasteiger partial charge in [-0.25, -0.2) is 9.55 Å². The van der Waals surface area contributed by atoms with Gasteiger partial charge in [-0.15, -0.1) is 0 Å². The molecular formula is C25H22N3+. The number of pyridine rings is 1. The number of fused-ring (bicyclic) bond motifs is 2. The normalized spacial score (nSPS) is 13.4. The molecule has 0 aliphatic carbocycles. The van der Waals surface area contributed by atoms with Crippen molar-refractivity contribution in [2.75, 3.05) is 0 Å². The molecule has 0 spiro atoms. The number of imidazole rings is 1. The largest absolute Gasteiger partial charge is 0.295 e. The van der Waals surface area contributed by atoms with Crippen LogP contribution in [0.4, 0.5) is 0 Å². The van der Waals surface area contributed by atoms with Crippen LogP contribution >= 0.6 is 0 Å². The Morgan fingerprint density at radius 1 is 0.929 bits per heavy atom. The summed E-state index contributed by atoms with van der Waals surface area (Å²) >= 11 is 0. The SMILES string of the molecule is [2H]C([2H])([2H])c1nc2ccccc2cc1-n1c(-c2ccccc2C)[n+](C)c2ccccc21. The third kappa shape index (κ3) is 2.43. The van der Waals surface area contributed by atoms with Crippen LogP contribution in [0.3, 0.4) is 0 Å². The third-order valence-corrected chi connectivity index (χ3v) is 5.34. The molecule has 3 aromatic carbocycles. The van der Waals surface area contributed by atoms with Gasteiger partial charge in [0, 0.05) is 9.50 Å². The van der Waals surface area contributed by atoms with Crippen molar-refractivity contribution in [1.82, 2.24) is 9.55 Å². The van der Waals surface area contributed by atoms with Gasteiger partial charge in [0.05, 0.1) is 23.8 Å². The first-order chi connectivity index (χ1) is 14.9. The second kappa shape index (κ2) is 6.31. The molecule has 0 saturated heterocycles. The maximum absolute atomic E-state index is 8.22. The Bertz CT molecular complexity index is 1450. The van der Waals surface area contributed by atoms with E-state index in [-0.39, 0.29) is 5.69 Å². The van der Waals surface area contributed by atoms with Gasteiger partial charge >= 0.3 is 0 Å². The summed E-state index contributed by atoms with van der Waals surface area (Å²) in [6.45, 7) is -0.285. The molecule has 0 aliphatic rings. The minimum absolute atomic E-state index is 0.0994. The van der Waals surface area contributed by atoms with E-state index in [1.807, 2.05) is 72.3 Å². The van der Waals surface area contributed by atoms with Crippen LogP contribution in [0.1, 0.15) is 15.4 Å². The molecule has 0 radical (unpaired) electrons. The van der Waals surface area contributed by atoms with E-state index < -0.39 is 6.85 Å². The molecular weight excluding hydrogens is 342 g/mol. The number of para-hydroxylation sites is 3. The predicted molar refractivity (Wildman–Crippen MR) is 115 cm³/mol. The topological polar surface area (TPSA) is 21.7 Å². The molecule has 0 fully saturated rings. The fraction of sp³-hybridized carbons (Fsp3) is 0.120. The first-order valence-corrected chi connectivity index (χ1v) is 9.32. The summed E-state index contributed by atoms with van der Waals surface area (Å²) in [4.78, 5) is 4.60. The Morgan fingerprint density at radius 3 is 2.54 bits per heavy atom.